The molecule has 1 unspecified atom stereocenters. The molecular formula is C23H28N2O5. The van der Waals surface area contributed by atoms with E-state index in [0.717, 1.165) is 24.0 Å². The van der Waals surface area contributed by atoms with Crippen LogP contribution in [0.3, 0.4) is 0 Å². The predicted molar refractivity (Wildman–Crippen MR) is 115 cm³/mol. The van der Waals surface area contributed by atoms with Gasteiger partial charge in [-0.15, -0.1) is 0 Å². The number of benzene rings is 2. The molecule has 7 heteroatoms. The molecule has 0 saturated heterocycles. The minimum atomic E-state index is -0.333. The number of carbonyl (C=O) groups is 1. The third-order valence-electron chi connectivity index (χ3n) is 5.34. The summed E-state index contributed by atoms with van der Waals surface area (Å²) in [6.45, 7) is 3.95. The molecule has 30 heavy (non-hydrogen) atoms. The van der Waals surface area contributed by atoms with Crippen LogP contribution in [-0.2, 0) is 4.74 Å². The molecular weight excluding hydrogens is 384 g/mol. The van der Waals surface area contributed by atoms with Crippen LogP contribution in [0.25, 0.3) is 0 Å². The summed E-state index contributed by atoms with van der Waals surface area (Å²) < 4.78 is 22.3. The summed E-state index contributed by atoms with van der Waals surface area (Å²) in [5.41, 5.74) is 1.61. The molecule has 7 nitrogen and oxygen atoms in total. The van der Waals surface area contributed by atoms with Gasteiger partial charge in [-0.05, 0) is 56.0 Å². The average molecular weight is 412 g/mol. The molecule has 4 rings (SSSR count). The standard InChI is InChI=1S/C23H28N2O5/c1-23(13-29-12-15-4-5-15)14-30-19-8-6-16(10-18(19)25-23)22(26)24-17-7-9-20(27-2)21(11-17)28-3/h6-11,15,25H,4-5,12-14H2,1-3H3,(H,24,26). The Kier molecular flexibility index (Phi) is 5.72. The van der Waals surface area contributed by atoms with Crippen molar-refractivity contribution in [1.82, 2.24) is 0 Å². The number of carbonyl (C=O) groups excluding carboxylic acids is 1. The van der Waals surface area contributed by atoms with E-state index in [2.05, 4.69) is 17.6 Å². The van der Waals surface area contributed by atoms with Gasteiger partial charge < -0.3 is 29.6 Å². The van der Waals surface area contributed by atoms with Gasteiger partial charge in [0.25, 0.3) is 5.91 Å². The zero-order chi connectivity index (χ0) is 21.1. The average Bonchev–Trinajstić information content (AvgIpc) is 3.57. The highest BCUT2D eigenvalue weighted by molar-refractivity contribution is 6.05. The fourth-order valence-corrected chi connectivity index (χ4v) is 3.42. The fraction of sp³-hybridized carbons (Fsp3) is 0.435. The lowest BCUT2D eigenvalue weighted by atomic mass is 10.0. The summed E-state index contributed by atoms with van der Waals surface area (Å²) in [5, 5.41) is 6.39. The van der Waals surface area contributed by atoms with Gasteiger partial charge in [0.2, 0.25) is 0 Å². The molecule has 1 fully saturated rings. The Labute approximate surface area is 176 Å². The monoisotopic (exact) mass is 412 g/mol. The molecule has 0 aromatic heterocycles. The van der Waals surface area contributed by atoms with Crippen LogP contribution in [0.5, 0.6) is 17.2 Å². The Morgan fingerprint density at radius 2 is 1.97 bits per heavy atom. The zero-order valence-corrected chi connectivity index (χ0v) is 17.6. The molecule has 1 heterocycles. The quantitative estimate of drug-likeness (QED) is 0.684. The van der Waals surface area contributed by atoms with Gasteiger partial charge >= 0.3 is 0 Å². The first kappa shape index (κ1) is 20.3. The van der Waals surface area contributed by atoms with Crippen LogP contribution in [0.15, 0.2) is 36.4 Å². The Bertz CT molecular complexity index is 928. The molecule has 2 N–H and O–H groups in total. The topological polar surface area (TPSA) is 78.1 Å². The molecule has 1 aliphatic carbocycles. The SMILES string of the molecule is COc1ccc(NC(=O)c2ccc3c(c2)NC(C)(COCC2CC2)CO3)cc1OC. The molecule has 0 spiro atoms. The van der Waals surface area contributed by atoms with E-state index in [4.69, 9.17) is 18.9 Å². The smallest absolute Gasteiger partial charge is 0.255 e. The van der Waals surface area contributed by atoms with E-state index in [-0.39, 0.29) is 11.4 Å². The van der Waals surface area contributed by atoms with E-state index in [1.165, 1.54) is 12.8 Å². The Morgan fingerprint density at radius 1 is 1.17 bits per heavy atom. The number of methoxy groups -OCH3 is 2. The van der Waals surface area contributed by atoms with Crippen molar-refractivity contribution in [1.29, 1.82) is 0 Å². The van der Waals surface area contributed by atoms with Crippen molar-refractivity contribution in [3.63, 3.8) is 0 Å². The molecule has 2 aliphatic rings. The van der Waals surface area contributed by atoms with Crippen LogP contribution < -0.4 is 24.8 Å². The summed E-state index contributed by atoms with van der Waals surface area (Å²) >= 11 is 0. The van der Waals surface area contributed by atoms with Gasteiger partial charge in [-0.2, -0.15) is 0 Å². The lowest BCUT2D eigenvalue weighted by Crippen LogP contribution is -2.48. The van der Waals surface area contributed by atoms with Gasteiger partial charge in [0.15, 0.2) is 11.5 Å². The normalized spacial score (nSPS) is 19.8. The van der Waals surface area contributed by atoms with Crippen molar-refractivity contribution < 1.29 is 23.7 Å². The van der Waals surface area contributed by atoms with Crippen molar-refractivity contribution in [3.05, 3.63) is 42.0 Å². The summed E-state index contributed by atoms with van der Waals surface area (Å²) in [7, 11) is 3.13. The minimum absolute atomic E-state index is 0.218. The first-order valence-electron chi connectivity index (χ1n) is 10.2. The summed E-state index contributed by atoms with van der Waals surface area (Å²) in [6, 6.07) is 10.6. The fourth-order valence-electron chi connectivity index (χ4n) is 3.42. The number of hydrogen-bond donors (Lipinski definition) is 2. The van der Waals surface area contributed by atoms with Crippen molar-refractivity contribution in [2.75, 3.05) is 44.7 Å². The molecule has 1 atom stereocenters. The van der Waals surface area contributed by atoms with E-state index >= 15 is 0 Å². The van der Waals surface area contributed by atoms with E-state index < -0.39 is 0 Å². The number of hydrogen-bond acceptors (Lipinski definition) is 6. The van der Waals surface area contributed by atoms with E-state index in [0.29, 0.717) is 36.0 Å². The molecule has 160 valence electrons. The van der Waals surface area contributed by atoms with Gasteiger partial charge in [0, 0.05) is 23.9 Å². The Hall–Kier alpha value is -2.93. The maximum absolute atomic E-state index is 12.8. The van der Waals surface area contributed by atoms with E-state index in [1.54, 1.807) is 38.5 Å². The minimum Gasteiger partial charge on any atom is -0.493 e. The predicted octanol–water partition coefficient (Wildman–Crippen LogP) is 3.95. The second-order valence-corrected chi connectivity index (χ2v) is 8.17. The third-order valence-corrected chi connectivity index (χ3v) is 5.34. The number of amides is 1. The number of rotatable bonds is 8. The van der Waals surface area contributed by atoms with Gasteiger partial charge in [-0.3, -0.25) is 4.79 Å². The zero-order valence-electron chi connectivity index (χ0n) is 17.6. The van der Waals surface area contributed by atoms with Gasteiger partial charge in [-0.1, -0.05) is 0 Å². The Morgan fingerprint density at radius 3 is 2.70 bits per heavy atom. The number of ether oxygens (including phenoxy) is 4. The molecule has 1 saturated carbocycles. The van der Waals surface area contributed by atoms with Crippen molar-refractivity contribution >= 4 is 17.3 Å². The maximum atomic E-state index is 12.8. The Balaban J connectivity index is 1.44. The van der Waals surface area contributed by atoms with Crippen molar-refractivity contribution in [3.8, 4) is 17.2 Å². The second kappa shape index (κ2) is 8.44. The molecule has 1 amide bonds. The highest BCUT2D eigenvalue weighted by Crippen LogP contribution is 2.35. The second-order valence-electron chi connectivity index (χ2n) is 8.17. The third kappa shape index (κ3) is 4.62. The number of nitrogens with one attached hydrogen (secondary N) is 2. The first-order valence-corrected chi connectivity index (χ1v) is 10.2. The van der Waals surface area contributed by atoms with E-state index in [1.807, 2.05) is 12.1 Å². The highest BCUT2D eigenvalue weighted by Gasteiger charge is 2.32. The van der Waals surface area contributed by atoms with Crippen LogP contribution >= 0.6 is 0 Å². The summed E-state index contributed by atoms with van der Waals surface area (Å²) in [4.78, 5) is 12.8. The summed E-state index contributed by atoms with van der Waals surface area (Å²) in [5.74, 6) is 2.39. The van der Waals surface area contributed by atoms with Gasteiger partial charge in [0.1, 0.15) is 12.4 Å². The van der Waals surface area contributed by atoms with Crippen LogP contribution in [-0.4, -0.2) is 45.5 Å². The van der Waals surface area contributed by atoms with Gasteiger partial charge in [-0.25, -0.2) is 0 Å². The highest BCUT2D eigenvalue weighted by atomic mass is 16.5. The molecule has 1 aliphatic heterocycles. The number of anilines is 2. The maximum Gasteiger partial charge on any atom is 0.255 e. The molecule has 2 aromatic carbocycles. The van der Waals surface area contributed by atoms with Crippen LogP contribution in [0.4, 0.5) is 11.4 Å². The lowest BCUT2D eigenvalue weighted by Gasteiger charge is -2.36. The van der Waals surface area contributed by atoms with Crippen LogP contribution in [0.2, 0.25) is 0 Å². The number of fused-ring (bicyclic) bond motifs is 1. The van der Waals surface area contributed by atoms with Crippen molar-refractivity contribution in [2.24, 2.45) is 5.92 Å². The first-order chi connectivity index (χ1) is 14.5. The van der Waals surface area contributed by atoms with Crippen LogP contribution in [0, 0.1) is 5.92 Å². The largest absolute Gasteiger partial charge is 0.493 e. The van der Waals surface area contributed by atoms with Crippen molar-refractivity contribution in [2.45, 2.75) is 25.3 Å². The molecule has 2 aromatic rings. The van der Waals surface area contributed by atoms with E-state index in [9.17, 15) is 4.79 Å². The summed E-state index contributed by atoms with van der Waals surface area (Å²) in [6.07, 6.45) is 2.53. The molecule has 0 bridgehead atoms. The van der Waals surface area contributed by atoms with Gasteiger partial charge in [0.05, 0.1) is 32.1 Å². The molecule has 0 radical (unpaired) electrons. The van der Waals surface area contributed by atoms with Crippen LogP contribution in [0.1, 0.15) is 30.1 Å². The lowest BCUT2D eigenvalue weighted by molar-refractivity contribution is 0.0667.